The summed E-state index contributed by atoms with van der Waals surface area (Å²) in [7, 11) is 0. The summed E-state index contributed by atoms with van der Waals surface area (Å²) in [5.41, 5.74) is 8.27. The van der Waals surface area contributed by atoms with Crippen molar-refractivity contribution in [2.24, 2.45) is 5.41 Å². The molecule has 0 saturated heterocycles. The lowest BCUT2D eigenvalue weighted by atomic mass is 9.88. The van der Waals surface area contributed by atoms with E-state index in [0.29, 0.717) is 17.0 Å². The average Bonchev–Trinajstić information content (AvgIpc) is 2.62. The summed E-state index contributed by atoms with van der Waals surface area (Å²) < 4.78 is 2.01. The molecule has 2 N–H and O–H groups in total. The van der Waals surface area contributed by atoms with Crippen molar-refractivity contribution in [1.29, 1.82) is 5.26 Å². The highest BCUT2D eigenvalue weighted by Gasteiger charge is 2.25. The van der Waals surface area contributed by atoms with E-state index < -0.39 is 0 Å². The Morgan fingerprint density at radius 2 is 2.06 bits per heavy atom. The number of nitriles is 1. The van der Waals surface area contributed by atoms with Gasteiger partial charge >= 0.3 is 0 Å². The van der Waals surface area contributed by atoms with Gasteiger partial charge in [0.05, 0.1) is 11.1 Å². The van der Waals surface area contributed by atoms with Crippen LogP contribution in [0.25, 0.3) is 11.0 Å². The van der Waals surface area contributed by atoms with Gasteiger partial charge in [0.1, 0.15) is 11.6 Å². The van der Waals surface area contributed by atoms with Gasteiger partial charge in [-0.15, -0.1) is 0 Å². The fourth-order valence-corrected chi connectivity index (χ4v) is 2.02. The SMILES string of the molecule is CC(n1c(N)nc2c(C#N)cccc21)C(C)(C)C. The number of para-hydroxylation sites is 1. The summed E-state index contributed by atoms with van der Waals surface area (Å²) in [6.07, 6.45) is 0. The fourth-order valence-electron chi connectivity index (χ4n) is 2.02. The minimum absolute atomic E-state index is 0.0738. The van der Waals surface area contributed by atoms with Crippen molar-refractivity contribution in [2.75, 3.05) is 5.73 Å². The molecule has 4 nitrogen and oxygen atoms in total. The van der Waals surface area contributed by atoms with Crippen LogP contribution in [0.15, 0.2) is 18.2 Å². The van der Waals surface area contributed by atoms with E-state index in [0.717, 1.165) is 5.52 Å². The maximum atomic E-state index is 9.09. The van der Waals surface area contributed by atoms with Crippen LogP contribution in [0.3, 0.4) is 0 Å². The minimum atomic E-state index is 0.0738. The maximum Gasteiger partial charge on any atom is 0.201 e. The van der Waals surface area contributed by atoms with E-state index in [-0.39, 0.29) is 11.5 Å². The third kappa shape index (κ3) is 1.82. The first-order chi connectivity index (χ1) is 8.36. The van der Waals surface area contributed by atoms with Crippen LogP contribution in [0.1, 0.15) is 39.3 Å². The van der Waals surface area contributed by atoms with E-state index in [9.17, 15) is 0 Å². The molecule has 1 aromatic heterocycles. The van der Waals surface area contributed by atoms with Gasteiger partial charge in [0.2, 0.25) is 5.95 Å². The molecule has 0 amide bonds. The van der Waals surface area contributed by atoms with Gasteiger partial charge in [-0.25, -0.2) is 4.98 Å². The average molecular weight is 242 g/mol. The highest BCUT2D eigenvalue weighted by Crippen LogP contribution is 2.35. The predicted molar refractivity (Wildman–Crippen MR) is 73.0 cm³/mol. The van der Waals surface area contributed by atoms with Crippen molar-refractivity contribution >= 4 is 17.0 Å². The lowest BCUT2D eigenvalue weighted by Crippen LogP contribution is -2.22. The van der Waals surface area contributed by atoms with Gasteiger partial charge in [0.25, 0.3) is 0 Å². The number of aromatic nitrogens is 2. The smallest absolute Gasteiger partial charge is 0.201 e. The second-order valence-electron chi connectivity index (χ2n) is 5.67. The zero-order chi connectivity index (χ0) is 13.5. The normalized spacial score (nSPS) is 13.5. The molecule has 1 aromatic carbocycles. The molecule has 4 heteroatoms. The number of imidazole rings is 1. The number of nitrogens with two attached hydrogens (primary N) is 1. The summed E-state index contributed by atoms with van der Waals surface area (Å²) in [4.78, 5) is 4.34. The quantitative estimate of drug-likeness (QED) is 0.835. The molecular weight excluding hydrogens is 224 g/mol. The van der Waals surface area contributed by atoms with Crippen LogP contribution in [-0.4, -0.2) is 9.55 Å². The first-order valence-electron chi connectivity index (χ1n) is 6.02. The van der Waals surface area contributed by atoms with Crippen LogP contribution >= 0.6 is 0 Å². The van der Waals surface area contributed by atoms with E-state index in [2.05, 4.69) is 38.7 Å². The molecule has 18 heavy (non-hydrogen) atoms. The summed E-state index contributed by atoms with van der Waals surface area (Å²) in [6.45, 7) is 8.61. The van der Waals surface area contributed by atoms with E-state index in [1.54, 1.807) is 6.07 Å². The number of fused-ring (bicyclic) bond motifs is 1. The van der Waals surface area contributed by atoms with Crippen molar-refractivity contribution in [1.82, 2.24) is 9.55 Å². The third-order valence-corrected chi connectivity index (χ3v) is 3.51. The molecule has 0 aliphatic carbocycles. The molecule has 2 aromatic rings. The predicted octanol–water partition coefficient (Wildman–Crippen LogP) is 3.10. The molecule has 2 rings (SSSR count). The van der Waals surface area contributed by atoms with Crippen molar-refractivity contribution in [3.05, 3.63) is 23.8 Å². The number of hydrogen-bond donors (Lipinski definition) is 1. The summed E-state index contributed by atoms with van der Waals surface area (Å²) in [6, 6.07) is 7.96. The van der Waals surface area contributed by atoms with Crippen LogP contribution in [0.2, 0.25) is 0 Å². The Labute approximate surface area is 107 Å². The fraction of sp³-hybridized carbons (Fsp3) is 0.429. The molecule has 1 heterocycles. The van der Waals surface area contributed by atoms with Gasteiger partial charge in [0.15, 0.2) is 0 Å². The van der Waals surface area contributed by atoms with Gasteiger partial charge in [0, 0.05) is 6.04 Å². The number of hydrogen-bond acceptors (Lipinski definition) is 3. The van der Waals surface area contributed by atoms with E-state index in [1.165, 1.54) is 0 Å². The molecule has 1 atom stereocenters. The Morgan fingerprint density at radius 1 is 1.39 bits per heavy atom. The van der Waals surface area contributed by atoms with Crippen molar-refractivity contribution in [3.63, 3.8) is 0 Å². The summed E-state index contributed by atoms with van der Waals surface area (Å²) in [5, 5.41) is 9.09. The molecule has 0 spiro atoms. The Bertz CT molecular complexity index is 626. The largest absolute Gasteiger partial charge is 0.369 e. The van der Waals surface area contributed by atoms with Crippen molar-refractivity contribution < 1.29 is 0 Å². The van der Waals surface area contributed by atoms with Crippen LogP contribution in [0.5, 0.6) is 0 Å². The number of rotatable bonds is 1. The maximum absolute atomic E-state index is 9.09. The zero-order valence-electron chi connectivity index (χ0n) is 11.2. The van der Waals surface area contributed by atoms with E-state index in [4.69, 9.17) is 11.0 Å². The Hall–Kier alpha value is -2.02. The summed E-state index contributed by atoms with van der Waals surface area (Å²) in [5.74, 6) is 0.468. The first-order valence-corrected chi connectivity index (χ1v) is 6.02. The molecule has 94 valence electrons. The van der Waals surface area contributed by atoms with Gasteiger partial charge in [-0.3, -0.25) is 0 Å². The van der Waals surface area contributed by atoms with Crippen LogP contribution < -0.4 is 5.73 Å². The molecule has 0 radical (unpaired) electrons. The van der Waals surface area contributed by atoms with Gasteiger partial charge in [-0.1, -0.05) is 26.8 Å². The number of anilines is 1. The molecule has 0 fully saturated rings. The zero-order valence-corrected chi connectivity index (χ0v) is 11.2. The molecule has 0 saturated carbocycles. The van der Waals surface area contributed by atoms with E-state index >= 15 is 0 Å². The van der Waals surface area contributed by atoms with Crippen LogP contribution in [-0.2, 0) is 0 Å². The second-order valence-corrected chi connectivity index (χ2v) is 5.67. The highest BCUT2D eigenvalue weighted by atomic mass is 15.2. The second kappa shape index (κ2) is 4.02. The number of nitrogen functional groups attached to an aromatic ring is 1. The Morgan fingerprint density at radius 3 is 2.61 bits per heavy atom. The van der Waals surface area contributed by atoms with E-state index in [1.807, 2.05) is 16.7 Å². The van der Waals surface area contributed by atoms with Gasteiger partial charge < -0.3 is 10.3 Å². The number of benzene rings is 1. The first kappa shape index (κ1) is 12.4. The molecule has 0 aliphatic rings. The Balaban J connectivity index is 2.74. The summed E-state index contributed by atoms with van der Waals surface area (Å²) >= 11 is 0. The highest BCUT2D eigenvalue weighted by molar-refractivity contribution is 5.84. The van der Waals surface area contributed by atoms with Crippen molar-refractivity contribution in [2.45, 2.75) is 33.7 Å². The number of nitrogens with zero attached hydrogens (tertiary/aromatic N) is 3. The molecular formula is C14H18N4. The topological polar surface area (TPSA) is 67.6 Å². The lowest BCUT2D eigenvalue weighted by Gasteiger charge is -2.29. The Kier molecular flexibility index (Phi) is 2.78. The van der Waals surface area contributed by atoms with Gasteiger partial charge in [-0.05, 0) is 24.5 Å². The monoisotopic (exact) mass is 242 g/mol. The standard InChI is InChI=1S/C14H18N4/c1-9(14(2,3)4)18-11-7-5-6-10(8-15)12(11)17-13(18)16/h5-7,9H,1-4H3,(H2,16,17). The molecule has 1 unspecified atom stereocenters. The van der Waals surface area contributed by atoms with Crippen LogP contribution in [0, 0.1) is 16.7 Å². The van der Waals surface area contributed by atoms with Crippen molar-refractivity contribution in [3.8, 4) is 6.07 Å². The lowest BCUT2D eigenvalue weighted by molar-refractivity contribution is 0.270. The van der Waals surface area contributed by atoms with Gasteiger partial charge in [-0.2, -0.15) is 5.26 Å². The third-order valence-electron chi connectivity index (χ3n) is 3.51. The van der Waals surface area contributed by atoms with Crippen LogP contribution in [0.4, 0.5) is 5.95 Å². The molecule has 0 aliphatic heterocycles. The minimum Gasteiger partial charge on any atom is -0.369 e. The molecule has 0 bridgehead atoms.